The number of nitrogens with zero attached hydrogens (tertiary/aromatic N) is 1. The predicted octanol–water partition coefficient (Wildman–Crippen LogP) is 4.33. The van der Waals surface area contributed by atoms with E-state index in [9.17, 15) is 4.39 Å². The number of nitrogens with one attached hydrogen (secondary N) is 2. The first-order chi connectivity index (χ1) is 11.3. The Kier molecular flexibility index (Phi) is 4.86. The van der Waals surface area contributed by atoms with Crippen molar-refractivity contribution >= 4 is 29.1 Å². The van der Waals surface area contributed by atoms with Gasteiger partial charge in [0.15, 0.2) is 0 Å². The standard InChI is InChI=1S/C19H18FN3.ClH/c20-16-7-3-1-6-15(16)19-14(9-10-18-21-11-12-22-18)13-5-2-4-8-17(13)23-19;/h1-8,23H,9-12H2,(H,21,22);1H. The van der Waals surface area contributed by atoms with E-state index in [1.807, 2.05) is 30.3 Å². The Bertz CT molecular complexity index is 885. The van der Waals surface area contributed by atoms with Crippen molar-refractivity contribution in [3.05, 3.63) is 59.9 Å². The molecular formula is C19H19ClFN3. The van der Waals surface area contributed by atoms with Gasteiger partial charge in [0.25, 0.3) is 0 Å². The van der Waals surface area contributed by atoms with Crippen molar-refractivity contribution in [1.82, 2.24) is 10.3 Å². The summed E-state index contributed by atoms with van der Waals surface area (Å²) in [7, 11) is 0. The second-order valence-corrected chi connectivity index (χ2v) is 5.76. The average molecular weight is 344 g/mol. The van der Waals surface area contributed by atoms with Crippen LogP contribution in [-0.4, -0.2) is 23.9 Å². The van der Waals surface area contributed by atoms with Crippen molar-refractivity contribution in [3.8, 4) is 11.3 Å². The first kappa shape index (κ1) is 16.5. The SMILES string of the molecule is Cl.Fc1ccccc1-c1[nH]c2ccccc2c1CCC1=NCCN1. The molecule has 0 radical (unpaired) electrons. The van der Waals surface area contributed by atoms with Crippen molar-refractivity contribution in [2.24, 2.45) is 4.99 Å². The molecular weight excluding hydrogens is 325 g/mol. The zero-order chi connectivity index (χ0) is 15.6. The fourth-order valence-corrected chi connectivity index (χ4v) is 3.21. The van der Waals surface area contributed by atoms with Crippen LogP contribution in [0.1, 0.15) is 12.0 Å². The predicted molar refractivity (Wildman–Crippen MR) is 99.6 cm³/mol. The van der Waals surface area contributed by atoms with Crippen LogP contribution in [-0.2, 0) is 6.42 Å². The number of H-pyrrole nitrogens is 1. The topological polar surface area (TPSA) is 40.2 Å². The summed E-state index contributed by atoms with van der Waals surface area (Å²) in [4.78, 5) is 7.85. The van der Waals surface area contributed by atoms with Gasteiger partial charge in [0.2, 0.25) is 0 Å². The molecule has 24 heavy (non-hydrogen) atoms. The molecule has 2 N–H and O–H groups in total. The molecule has 0 aliphatic carbocycles. The maximum Gasteiger partial charge on any atom is 0.132 e. The number of aliphatic imine (C=N–C) groups is 1. The molecule has 1 aromatic heterocycles. The second-order valence-electron chi connectivity index (χ2n) is 5.76. The molecule has 0 spiro atoms. The first-order valence-electron chi connectivity index (χ1n) is 7.94. The minimum Gasteiger partial charge on any atom is -0.372 e. The smallest absolute Gasteiger partial charge is 0.132 e. The lowest BCUT2D eigenvalue weighted by Crippen LogP contribution is -2.18. The van der Waals surface area contributed by atoms with E-state index in [0.29, 0.717) is 5.56 Å². The van der Waals surface area contributed by atoms with Crippen molar-refractivity contribution in [2.45, 2.75) is 12.8 Å². The molecule has 2 heterocycles. The quantitative estimate of drug-likeness (QED) is 0.727. The van der Waals surface area contributed by atoms with Gasteiger partial charge in [-0.2, -0.15) is 0 Å². The summed E-state index contributed by atoms with van der Waals surface area (Å²) in [6.45, 7) is 1.77. The van der Waals surface area contributed by atoms with Gasteiger partial charge in [0.1, 0.15) is 5.82 Å². The van der Waals surface area contributed by atoms with E-state index in [1.165, 1.54) is 6.07 Å². The molecule has 0 unspecified atom stereocenters. The number of halogens is 2. The number of aromatic nitrogens is 1. The molecule has 0 saturated heterocycles. The number of benzene rings is 2. The molecule has 0 fully saturated rings. The number of aryl methyl sites for hydroxylation is 1. The molecule has 0 bridgehead atoms. The Hall–Kier alpha value is -2.33. The highest BCUT2D eigenvalue weighted by molar-refractivity contribution is 5.92. The number of para-hydroxylation sites is 1. The highest BCUT2D eigenvalue weighted by Crippen LogP contribution is 2.32. The summed E-state index contributed by atoms with van der Waals surface area (Å²) in [5, 5.41) is 4.46. The normalized spacial score (nSPS) is 13.5. The van der Waals surface area contributed by atoms with Gasteiger partial charge in [-0.3, -0.25) is 4.99 Å². The van der Waals surface area contributed by atoms with Crippen LogP contribution in [0, 0.1) is 5.82 Å². The summed E-state index contributed by atoms with van der Waals surface area (Å²) in [6, 6.07) is 15.1. The number of amidine groups is 1. The summed E-state index contributed by atoms with van der Waals surface area (Å²) >= 11 is 0. The van der Waals surface area contributed by atoms with E-state index in [-0.39, 0.29) is 18.2 Å². The lowest BCUT2D eigenvalue weighted by molar-refractivity contribution is 0.630. The minimum atomic E-state index is -0.198. The number of hydrogen-bond acceptors (Lipinski definition) is 2. The van der Waals surface area contributed by atoms with Gasteiger partial charge in [0, 0.05) is 29.4 Å². The van der Waals surface area contributed by atoms with Crippen molar-refractivity contribution in [2.75, 3.05) is 13.1 Å². The molecule has 5 heteroatoms. The molecule has 2 aromatic carbocycles. The van der Waals surface area contributed by atoms with Gasteiger partial charge in [-0.1, -0.05) is 30.3 Å². The number of hydrogen-bond donors (Lipinski definition) is 2. The Morgan fingerprint density at radius 2 is 1.79 bits per heavy atom. The van der Waals surface area contributed by atoms with E-state index >= 15 is 0 Å². The largest absolute Gasteiger partial charge is 0.372 e. The van der Waals surface area contributed by atoms with Crippen LogP contribution < -0.4 is 5.32 Å². The zero-order valence-electron chi connectivity index (χ0n) is 13.2. The van der Waals surface area contributed by atoms with E-state index in [2.05, 4.69) is 21.4 Å². The lowest BCUT2D eigenvalue weighted by Gasteiger charge is -2.07. The van der Waals surface area contributed by atoms with Gasteiger partial charge in [-0.15, -0.1) is 12.4 Å². The summed E-state index contributed by atoms with van der Waals surface area (Å²) in [5.41, 5.74) is 3.70. The van der Waals surface area contributed by atoms with Crippen LogP contribution in [0.25, 0.3) is 22.2 Å². The van der Waals surface area contributed by atoms with E-state index < -0.39 is 0 Å². The summed E-state index contributed by atoms with van der Waals surface area (Å²) in [6.07, 6.45) is 1.68. The van der Waals surface area contributed by atoms with Crippen molar-refractivity contribution in [1.29, 1.82) is 0 Å². The molecule has 124 valence electrons. The van der Waals surface area contributed by atoms with Crippen LogP contribution in [0.15, 0.2) is 53.5 Å². The minimum absolute atomic E-state index is 0. The fraction of sp³-hybridized carbons (Fsp3) is 0.211. The molecule has 1 aliphatic heterocycles. The van der Waals surface area contributed by atoms with Crippen LogP contribution in [0.4, 0.5) is 4.39 Å². The Balaban J connectivity index is 0.00000169. The van der Waals surface area contributed by atoms with Gasteiger partial charge in [-0.25, -0.2) is 4.39 Å². The maximum atomic E-state index is 14.3. The highest BCUT2D eigenvalue weighted by atomic mass is 35.5. The molecule has 0 saturated carbocycles. The van der Waals surface area contributed by atoms with Crippen molar-refractivity contribution < 1.29 is 4.39 Å². The summed E-state index contributed by atoms with van der Waals surface area (Å²) < 4.78 is 14.3. The van der Waals surface area contributed by atoms with Crippen LogP contribution in [0.3, 0.4) is 0 Å². The number of aromatic amines is 1. The van der Waals surface area contributed by atoms with Crippen LogP contribution >= 0.6 is 12.4 Å². The van der Waals surface area contributed by atoms with Gasteiger partial charge in [0.05, 0.1) is 18.1 Å². The molecule has 4 rings (SSSR count). The Morgan fingerprint density at radius 1 is 1.00 bits per heavy atom. The van der Waals surface area contributed by atoms with Gasteiger partial charge >= 0.3 is 0 Å². The fourth-order valence-electron chi connectivity index (χ4n) is 3.21. The lowest BCUT2D eigenvalue weighted by atomic mass is 10.0. The second kappa shape index (κ2) is 7.05. The third kappa shape index (κ3) is 3.02. The summed E-state index contributed by atoms with van der Waals surface area (Å²) in [5.74, 6) is 0.853. The maximum absolute atomic E-state index is 14.3. The number of fused-ring (bicyclic) bond motifs is 1. The molecule has 3 aromatic rings. The third-order valence-electron chi connectivity index (χ3n) is 4.31. The monoisotopic (exact) mass is 343 g/mol. The van der Waals surface area contributed by atoms with Gasteiger partial charge < -0.3 is 10.3 Å². The van der Waals surface area contributed by atoms with E-state index in [1.54, 1.807) is 6.07 Å². The molecule has 3 nitrogen and oxygen atoms in total. The Morgan fingerprint density at radius 3 is 2.58 bits per heavy atom. The number of rotatable bonds is 4. The van der Waals surface area contributed by atoms with Crippen LogP contribution in [0.5, 0.6) is 0 Å². The zero-order valence-corrected chi connectivity index (χ0v) is 14.0. The van der Waals surface area contributed by atoms with E-state index in [0.717, 1.165) is 53.9 Å². The molecule has 0 amide bonds. The van der Waals surface area contributed by atoms with Crippen LogP contribution in [0.2, 0.25) is 0 Å². The molecule has 1 aliphatic rings. The highest BCUT2D eigenvalue weighted by Gasteiger charge is 2.16. The average Bonchev–Trinajstić information content (AvgIpc) is 3.21. The van der Waals surface area contributed by atoms with Gasteiger partial charge in [-0.05, 0) is 30.2 Å². The molecule has 0 atom stereocenters. The Labute approximate surface area is 146 Å². The van der Waals surface area contributed by atoms with E-state index in [4.69, 9.17) is 0 Å². The first-order valence-corrected chi connectivity index (χ1v) is 7.94. The van der Waals surface area contributed by atoms with Crippen molar-refractivity contribution in [3.63, 3.8) is 0 Å². The third-order valence-corrected chi connectivity index (χ3v) is 4.31.